The van der Waals surface area contributed by atoms with Crippen LogP contribution in [0.5, 0.6) is 5.75 Å². The lowest BCUT2D eigenvalue weighted by Crippen LogP contribution is -2.47. The van der Waals surface area contributed by atoms with Gasteiger partial charge in [-0.25, -0.2) is 0 Å². The van der Waals surface area contributed by atoms with Crippen molar-refractivity contribution in [3.8, 4) is 5.75 Å². The first-order valence-electron chi connectivity index (χ1n) is 14.8. The van der Waals surface area contributed by atoms with Crippen LogP contribution in [-0.2, 0) is 9.53 Å². The summed E-state index contributed by atoms with van der Waals surface area (Å²) in [4.78, 5) is 33.4. The summed E-state index contributed by atoms with van der Waals surface area (Å²) < 4.78 is 11.0. The number of ether oxygens (including phenoxy) is 2. The third-order valence-corrected chi connectivity index (χ3v) is 8.35. The second-order valence-electron chi connectivity index (χ2n) is 10.9. The van der Waals surface area contributed by atoms with Crippen LogP contribution in [0.1, 0.15) is 42.5 Å². The Morgan fingerprint density at radius 2 is 1.60 bits per heavy atom. The number of benzene rings is 2. The van der Waals surface area contributed by atoms with E-state index in [1.54, 1.807) is 7.11 Å². The average molecular weight is 550 g/mol. The van der Waals surface area contributed by atoms with E-state index in [0.29, 0.717) is 17.8 Å². The van der Waals surface area contributed by atoms with Gasteiger partial charge < -0.3 is 29.9 Å². The molecule has 5 rings (SSSR count). The van der Waals surface area contributed by atoms with Gasteiger partial charge in [0, 0.05) is 69.7 Å². The van der Waals surface area contributed by atoms with E-state index in [2.05, 4.69) is 31.4 Å². The molecule has 1 aliphatic carbocycles. The minimum absolute atomic E-state index is 0.0577. The molecule has 0 spiro atoms. The van der Waals surface area contributed by atoms with Crippen molar-refractivity contribution in [1.82, 2.24) is 10.2 Å². The number of carbonyl (C=O) groups excluding carboxylic acids is 2. The number of nitrogens with zero attached hydrogens (tertiary/aromatic N) is 3. The number of nitrogens with one attached hydrogen (secondary N) is 2. The van der Waals surface area contributed by atoms with Gasteiger partial charge in [-0.1, -0.05) is 31.4 Å². The van der Waals surface area contributed by atoms with Crippen LogP contribution in [0.4, 0.5) is 17.1 Å². The molecule has 9 heteroatoms. The molecule has 0 radical (unpaired) electrons. The highest BCUT2D eigenvalue weighted by atomic mass is 16.5. The van der Waals surface area contributed by atoms with Gasteiger partial charge in [0.05, 0.1) is 31.6 Å². The summed E-state index contributed by atoms with van der Waals surface area (Å²) >= 11 is 0. The van der Waals surface area contributed by atoms with Crippen molar-refractivity contribution < 1.29 is 19.1 Å². The van der Waals surface area contributed by atoms with Crippen LogP contribution in [-0.4, -0.2) is 89.4 Å². The molecule has 3 fully saturated rings. The van der Waals surface area contributed by atoms with Crippen LogP contribution in [0, 0.1) is 5.92 Å². The minimum Gasteiger partial charge on any atom is -0.495 e. The Bertz CT molecular complexity index is 1140. The van der Waals surface area contributed by atoms with Crippen LogP contribution < -0.4 is 25.2 Å². The third-order valence-electron chi connectivity index (χ3n) is 8.35. The number of hydrogen-bond donors (Lipinski definition) is 2. The number of anilines is 3. The monoisotopic (exact) mass is 549 g/mol. The van der Waals surface area contributed by atoms with E-state index in [-0.39, 0.29) is 17.7 Å². The summed E-state index contributed by atoms with van der Waals surface area (Å²) in [5.74, 6) is 0.886. The Hall–Kier alpha value is -3.30. The largest absolute Gasteiger partial charge is 0.495 e. The number of amides is 2. The first-order chi connectivity index (χ1) is 19.6. The lowest BCUT2D eigenvalue weighted by Gasteiger charge is -2.38. The van der Waals surface area contributed by atoms with Gasteiger partial charge >= 0.3 is 0 Å². The number of hydrogen-bond acceptors (Lipinski definition) is 7. The van der Waals surface area contributed by atoms with Crippen molar-refractivity contribution in [1.29, 1.82) is 0 Å². The number of para-hydroxylation sites is 2. The fourth-order valence-corrected chi connectivity index (χ4v) is 6.01. The highest BCUT2D eigenvalue weighted by Gasteiger charge is 2.25. The lowest BCUT2D eigenvalue weighted by molar-refractivity contribution is -0.120. The molecular formula is C31H43N5O4. The third kappa shape index (κ3) is 7.06. The molecule has 0 bridgehead atoms. The van der Waals surface area contributed by atoms with Gasteiger partial charge in [-0.2, -0.15) is 0 Å². The van der Waals surface area contributed by atoms with Gasteiger partial charge in [0.1, 0.15) is 5.75 Å². The quantitative estimate of drug-likeness (QED) is 0.494. The van der Waals surface area contributed by atoms with Crippen LogP contribution in [0.25, 0.3) is 0 Å². The standard InChI is InChI=1S/C31H43N5O4/c1-39-29-10-6-5-9-28(29)36-17-15-35(16-18-36)27-12-11-25(33-30(37)24-7-3-2-4-8-24)23-26(27)31(38)32-13-14-34-19-21-40-22-20-34/h5-6,9-12,23-24H,2-4,7-8,13-22H2,1H3,(H,32,38)(H,33,37). The lowest BCUT2D eigenvalue weighted by atomic mass is 9.88. The number of rotatable bonds is 9. The molecule has 2 amide bonds. The molecule has 1 saturated carbocycles. The first-order valence-corrected chi connectivity index (χ1v) is 14.8. The summed E-state index contributed by atoms with van der Waals surface area (Å²) in [6, 6.07) is 13.9. The maximum absolute atomic E-state index is 13.5. The fraction of sp³-hybridized carbons (Fsp3) is 0.548. The highest BCUT2D eigenvalue weighted by molar-refractivity contribution is 6.02. The summed E-state index contributed by atoms with van der Waals surface area (Å²) in [5, 5.41) is 6.24. The zero-order chi connectivity index (χ0) is 27.7. The van der Waals surface area contributed by atoms with Gasteiger partial charge in [-0.05, 0) is 43.2 Å². The van der Waals surface area contributed by atoms with Crippen LogP contribution in [0.15, 0.2) is 42.5 Å². The van der Waals surface area contributed by atoms with Gasteiger partial charge in [-0.3, -0.25) is 14.5 Å². The van der Waals surface area contributed by atoms with E-state index < -0.39 is 0 Å². The number of carbonyl (C=O) groups is 2. The Kier molecular flexibility index (Phi) is 9.78. The Balaban J connectivity index is 1.29. The van der Waals surface area contributed by atoms with Crippen molar-refractivity contribution in [2.45, 2.75) is 32.1 Å². The van der Waals surface area contributed by atoms with Crippen molar-refractivity contribution >= 4 is 28.9 Å². The molecule has 216 valence electrons. The molecule has 2 N–H and O–H groups in total. The second-order valence-corrected chi connectivity index (χ2v) is 10.9. The molecular weight excluding hydrogens is 506 g/mol. The summed E-state index contributed by atoms with van der Waals surface area (Å²) in [7, 11) is 1.70. The van der Waals surface area contributed by atoms with Crippen LogP contribution >= 0.6 is 0 Å². The number of methoxy groups -OCH3 is 1. The second kappa shape index (κ2) is 13.9. The van der Waals surface area contributed by atoms with Gasteiger partial charge in [0.15, 0.2) is 0 Å². The van der Waals surface area contributed by atoms with E-state index in [1.165, 1.54) is 6.42 Å². The zero-order valence-electron chi connectivity index (χ0n) is 23.7. The summed E-state index contributed by atoms with van der Waals surface area (Å²) in [6.45, 7) is 7.81. The van der Waals surface area contributed by atoms with Gasteiger partial charge in [0.2, 0.25) is 5.91 Å². The number of piperazine rings is 1. The molecule has 3 aliphatic rings. The molecule has 0 aromatic heterocycles. The molecule has 2 heterocycles. The maximum Gasteiger partial charge on any atom is 0.253 e. The number of morpholine rings is 1. The van der Waals surface area contributed by atoms with E-state index in [0.717, 1.165) is 102 Å². The Labute approximate surface area is 237 Å². The zero-order valence-corrected chi connectivity index (χ0v) is 23.7. The molecule has 2 aromatic carbocycles. The first kappa shape index (κ1) is 28.2. The van der Waals surface area contributed by atoms with E-state index in [9.17, 15) is 9.59 Å². The topological polar surface area (TPSA) is 86.4 Å². The summed E-state index contributed by atoms with van der Waals surface area (Å²) in [5.41, 5.74) is 3.28. The summed E-state index contributed by atoms with van der Waals surface area (Å²) in [6.07, 6.45) is 5.30. The highest BCUT2D eigenvalue weighted by Crippen LogP contribution is 2.31. The molecule has 2 aromatic rings. The van der Waals surface area contributed by atoms with Crippen molar-refractivity contribution in [3.05, 3.63) is 48.0 Å². The predicted molar refractivity (Wildman–Crippen MR) is 159 cm³/mol. The van der Waals surface area contributed by atoms with Gasteiger partial charge in [-0.15, -0.1) is 0 Å². The Morgan fingerprint density at radius 1 is 0.900 bits per heavy atom. The SMILES string of the molecule is COc1ccccc1N1CCN(c2ccc(NC(=O)C3CCCCC3)cc2C(=O)NCCN2CCOCC2)CC1. The minimum atomic E-state index is -0.107. The molecule has 0 atom stereocenters. The Morgan fingerprint density at radius 3 is 2.33 bits per heavy atom. The normalized spacial score (nSPS) is 18.8. The van der Waals surface area contributed by atoms with Crippen LogP contribution in [0.3, 0.4) is 0 Å². The fourth-order valence-electron chi connectivity index (χ4n) is 6.01. The maximum atomic E-state index is 13.5. The van der Waals surface area contributed by atoms with Crippen molar-refractivity contribution in [3.63, 3.8) is 0 Å². The van der Waals surface area contributed by atoms with Crippen molar-refractivity contribution in [2.75, 3.05) is 87.8 Å². The molecule has 0 unspecified atom stereocenters. The molecule has 2 saturated heterocycles. The predicted octanol–water partition coefficient (Wildman–Crippen LogP) is 3.60. The molecule has 9 nitrogen and oxygen atoms in total. The molecule has 2 aliphatic heterocycles. The van der Waals surface area contributed by atoms with Crippen LogP contribution in [0.2, 0.25) is 0 Å². The molecule has 40 heavy (non-hydrogen) atoms. The van der Waals surface area contributed by atoms with E-state index in [4.69, 9.17) is 9.47 Å². The van der Waals surface area contributed by atoms with Crippen molar-refractivity contribution in [2.24, 2.45) is 5.92 Å². The van der Waals surface area contributed by atoms with E-state index in [1.807, 2.05) is 36.4 Å². The van der Waals surface area contributed by atoms with E-state index >= 15 is 0 Å². The average Bonchev–Trinajstić information content (AvgIpc) is 3.02. The van der Waals surface area contributed by atoms with Gasteiger partial charge in [0.25, 0.3) is 5.91 Å². The smallest absolute Gasteiger partial charge is 0.253 e.